The summed E-state index contributed by atoms with van der Waals surface area (Å²) in [5.41, 5.74) is 5.30. The van der Waals surface area contributed by atoms with E-state index in [1.54, 1.807) is 0 Å². The van der Waals surface area contributed by atoms with Gasteiger partial charge < -0.3 is 10.8 Å². The van der Waals surface area contributed by atoms with Crippen molar-refractivity contribution in [1.29, 1.82) is 0 Å². The molecule has 20 heavy (non-hydrogen) atoms. The van der Waals surface area contributed by atoms with Crippen LogP contribution in [0.1, 0.15) is 16.2 Å². The monoisotopic (exact) mass is 298 g/mol. The molecule has 5 N–H and O–H groups in total. The second-order valence-corrected chi connectivity index (χ2v) is 5.45. The van der Waals surface area contributed by atoms with E-state index in [0.717, 1.165) is 18.2 Å². The smallest absolute Gasteiger partial charge is 0.335 e. The van der Waals surface area contributed by atoms with Gasteiger partial charge in [-0.1, -0.05) is 5.21 Å². The zero-order valence-electron chi connectivity index (χ0n) is 9.94. The molecule has 0 aliphatic carbocycles. The maximum atomic E-state index is 12.0. The highest BCUT2D eigenvalue weighted by molar-refractivity contribution is 7.89. The minimum Gasteiger partial charge on any atom is -0.478 e. The zero-order chi connectivity index (χ0) is 14.8. The molecule has 0 radical (unpaired) electrons. The molecule has 10 nitrogen and oxygen atoms in total. The number of carbonyl (C=O) groups is 1. The van der Waals surface area contributed by atoms with Crippen LogP contribution < -0.4 is 10.5 Å². The van der Waals surface area contributed by atoms with Crippen LogP contribution in [0, 0.1) is 0 Å². The van der Waals surface area contributed by atoms with Crippen LogP contribution in [-0.4, -0.2) is 40.1 Å². The minimum absolute atomic E-state index is 0.0976. The molecule has 1 aromatic heterocycles. The molecule has 0 spiro atoms. The lowest BCUT2D eigenvalue weighted by Crippen LogP contribution is -2.25. The number of nitrogens with two attached hydrogens (primary N) is 1. The van der Waals surface area contributed by atoms with Crippen molar-refractivity contribution in [3.63, 3.8) is 0 Å². The highest BCUT2D eigenvalue weighted by atomic mass is 32.2. The number of benzene rings is 1. The number of carboxylic acid groups (broad SMARTS) is 1. The number of anilines is 1. The molecular weight excluding hydrogens is 288 g/mol. The molecule has 0 amide bonds. The highest BCUT2D eigenvalue weighted by Gasteiger charge is 2.19. The lowest BCUT2D eigenvalue weighted by atomic mass is 10.2. The maximum Gasteiger partial charge on any atom is 0.335 e. The molecule has 0 aliphatic rings. The Morgan fingerprint density at radius 3 is 2.75 bits per heavy atom. The van der Waals surface area contributed by atoms with Gasteiger partial charge in [-0.15, -0.1) is 10.2 Å². The Bertz CT molecular complexity index is 727. The first kappa shape index (κ1) is 13.9. The van der Waals surface area contributed by atoms with Gasteiger partial charge in [0.05, 0.1) is 17.8 Å². The average Bonchev–Trinajstić information content (AvgIpc) is 2.89. The van der Waals surface area contributed by atoms with Crippen molar-refractivity contribution >= 4 is 21.7 Å². The molecule has 0 aliphatic heterocycles. The largest absolute Gasteiger partial charge is 0.478 e. The molecular formula is C9H10N6O4S. The van der Waals surface area contributed by atoms with Crippen LogP contribution >= 0.6 is 0 Å². The number of nitrogen functional groups attached to an aromatic ring is 1. The highest BCUT2D eigenvalue weighted by Crippen LogP contribution is 2.19. The van der Waals surface area contributed by atoms with Crippen LogP contribution in [0.15, 0.2) is 23.1 Å². The molecule has 2 rings (SSSR count). The van der Waals surface area contributed by atoms with Gasteiger partial charge in [-0.05, 0) is 18.2 Å². The van der Waals surface area contributed by atoms with Gasteiger partial charge >= 0.3 is 5.97 Å². The van der Waals surface area contributed by atoms with E-state index in [2.05, 4.69) is 25.3 Å². The predicted octanol–water partition coefficient (Wildman–Crippen LogP) is -1.04. The fourth-order valence-electron chi connectivity index (χ4n) is 1.42. The average molecular weight is 298 g/mol. The van der Waals surface area contributed by atoms with Gasteiger partial charge in [0.1, 0.15) is 4.90 Å². The number of sulfonamides is 1. The van der Waals surface area contributed by atoms with Crippen molar-refractivity contribution in [2.75, 3.05) is 5.73 Å². The van der Waals surface area contributed by atoms with E-state index in [-0.39, 0.29) is 28.5 Å². The summed E-state index contributed by atoms with van der Waals surface area (Å²) >= 11 is 0. The number of H-pyrrole nitrogens is 1. The van der Waals surface area contributed by atoms with Gasteiger partial charge in [0.2, 0.25) is 10.0 Å². The summed E-state index contributed by atoms with van der Waals surface area (Å²) in [6.07, 6.45) is 0. The van der Waals surface area contributed by atoms with Crippen LogP contribution in [0.4, 0.5) is 5.69 Å². The molecule has 0 saturated heterocycles. The van der Waals surface area contributed by atoms with Crippen LogP contribution in [0.3, 0.4) is 0 Å². The second-order valence-electron chi connectivity index (χ2n) is 3.71. The number of hydrogen-bond donors (Lipinski definition) is 4. The van der Waals surface area contributed by atoms with Gasteiger partial charge in [0, 0.05) is 0 Å². The van der Waals surface area contributed by atoms with Gasteiger partial charge in [0.25, 0.3) is 0 Å². The lowest BCUT2D eigenvalue weighted by molar-refractivity contribution is 0.0697. The summed E-state index contributed by atoms with van der Waals surface area (Å²) in [4.78, 5) is 10.5. The van der Waals surface area contributed by atoms with Gasteiger partial charge in [0.15, 0.2) is 5.82 Å². The van der Waals surface area contributed by atoms with Crippen molar-refractivity contribution in [2.45, 2.75) is 11.4 Å². The first-order valence-electron chi connectivity index (χ1n) is 5.25. The molecule has 0 saturated carbocycles. The van der Waals surface area contributed by atoms with Crippen molar-refractivity contribution < 1.29 is 18.3 Å². The fraction of sp³-hybridized carbons (Fsp3) is 0.111. The van der Waals surface area contributed by atoms with Crippen LogP contribution in [-0.2, 0) is 16.6 Å². The normalized spacial score (nSPS) is 11.4. The van der Waals surface area contributed by atoms with Gasteiger partial charge in [-0.25, -0.2) is 17.9 Å². The van der Waals surface area contributed by atoms with Gasteiger partial charge in [-0.2, -0.15) is 5.21 Å². The minimum atomic E-state index is -3.90. The van der Waals surface area contributed by atoms with Crippen LogP contribution in [0.2, 0.25) is 0 Å². The zero-order valence-corrected chi connectivity index (χ0v) is 10.8. The topological polar surface area (TPSA) is 164 Å². The molecule has 2 aromatic rings. The first-order chi connectivity index (χ1) is 9.40. The number of aromatic amines is 1. The molecule has 0 atom stereocenters. The first-order valence-corrected chi connectivity index (χ1v) is 6.73. The number of carboxylic acids is 1. The molecule has 0 fully saturated rings. The van der Waals surface area contributed by atoms with Crippen molar-refractivity contribution in [2.24, 2.45) is 0 Å². The van der Waals surface area contributed by atoms with E-state index in [4.69, 9.17) is 10.8 Å². The molecule has 0 unspecified atom stereocenters. The molecule has 0 bridgehead atoms. The number of aromatic carboxylic acids is 1. The molecule has 1 heterocycles. The number of aromatic nitrogens is 4. The summed E-state index contributed by atoms with van der Waals surface area (Å²) in [6, 6.07) is 3.35. The Balaban J connectivity index is 2.23. The van der Waals surface area contributed by atoms with Crippen LogP contribution in [0.25, 0.3) is 0 Å². The number of hydrogen-bond acceptors (Lipinski definition) is 7. The van der Waals surface area contributed by atoms with E-state index in [1.807, 2.05) is 0 Å². The SMILES string of the molecule is Nc1cc(C(=O)O)ccc1S(=O)(=O)NCc1nn[nH]n1. The Hall–Kier alpha value is -2.53. The van der Waals surface area contributed by atoms with Crippen molar-refractivity contribution in [3.8, 4) is 0 Å². The number of tetrazole rings is 1. The van der Waals surface area contributed by atoms with Crippen LogP contribution in [0.5, 0.6) is 0 Å². The standard InChI is InChI=1S/C9H10N6O4S/c10-6-3-5(9(16)17)1-2-7(6)20(18,19)11-4-8-12-14-15-13-8/h1-3,11H,4,10H2,(H,16,17)(H,12,13,14,15). The van der Waals surface area contributed by atoms with E-state index in [9.17, 15) is 13.2 Å². The molecule has 1 aromatic carbocycles. The van der Waals surface area contributed by atoms with Gasteiger partial charge in [-0.3, -0.25) is 0 Å². The molecule has 106 valence electrons. The predicted molar refractivity (Wildman–Crippen MR) is 66.0 cm³/mol. The maximum absolute atomic E-state index is 12.0. The second kappa shape index (κ2) is 5.22. The van der Waals surface area contributed by atoms with E-state index < -0.39 is 16.0 Å². The summed E-state index contributed by atoms with van der Waals surface area (Å²) < 4.78 is 26.2. The van der Waals surface area contributed by atoms with Crippen molar-refractivity contribution in [3.05, 3.63) is 29.6 Å². The Labute approximate surface area is 113 Å². The van der Waals surface area contributed by atoms with Crippen molar-refractivity contribution in [1.82, 2.24) is 25.3 Å². The fourth-order valence-corrected chi connectivity index (χ4v) is 2.51. The third kappa shape index (κ3) is 2.89. The third-order valence-electron chi connectivity index (χ3n) is 2.36. The lowest BCUT2D eigenvalue weighted by Gasteiger charge is -2.08. The number of nitrogens with zero attached hydrogens (tertiary/aromatic N) is 3. The quantitative estimate of drug-likeness (QED) is 0.508. The summed E-state index contributed by atoms with van der Waals surface area (Å²) in [5, 5.41) is 21.4. The number of nitrogens with one attached hydrogen (secondary N) is 2. The summed E-state index contributed by atoms with van der Waals surface area (Å²) in [5.74, 6) is -1.03. The molecule has 11 heteroatoms. The summed E-state index contributed by atoms with van der Waals surface area (Å²) in [6.45, 7) is -0.168. The van der Waals surface area contributed by atoms with E-state index in [0.29, 0.717) is 0 Å². The Morgan fingerprint density at radius 1 is 1.45 bits per heavy atom. The summed E-state index contributed by atoms with van der Waals surface area (Å²) in [7, 11) is -3.90. The van der Waals surface area contributed by atoms with E-state index >= 15 is 0 Å². The Morgan fingerprint density at radius 2 is 2.20 bits per heavy atom. The Kier molecular flexibility index (Phi) is 3.63. The third-order valence-corrected chi connectivity index (χ3v) is 3.83. The number of rotatable bonds is 5. The van der Waals surface area contributed by atoms with E-state index in [1.165, 1.54) is 0 Å².